The van der Waals surface area contributed by atoms with Gasteiger partial charge in [0.05, 0.1) is 16.6 Å². The second kappa shape index (κ2) is 11.9. The Morgan fingerprint density at radius 3 is 2.42 bits per heavy atom. The molecule has 1 aliphatic heterocycles. The average Bonchev–Trinajstić information content (AvgIpc) is 3.21. The van der Waals surface area contributed by atoms with Crippen molar-refractivity contribution < 1.29 is 22.7 Å². The predicted molar refractivity (Wildman–Crippen MR) is 157 cm³/mol. The van der Waals surface area contributed by atoms with E-state index in [1.807, 2.05) is 0 Å². The van der Waals surface area contributed by atoms with E-state index in [-0.39, 0.29) is 40.3 Å². The number of rotatable bonds is 7. The summed E-state index contributed by atoms with van der Waals surface area (Å²) in [5.74, 6) is -0.783. The summed E-state index contributed by atoms with van der Waals surface area (Å²) in [5, 5.41) is 4.60. The van der Waals surface area contributed by atoms with Crippen LogP contribution in [0.25, 0.3) is 10.9 Å². The number of halogens is 2. The number of H-pyrrole nitrogens is 1. The second-order valence-corrected chi connectivity index (χ2v) is 11.6. The van der Waals surface area contributed by atoms with Gasteiger partial charge in [0.15, 0.2) is 5.37 Å². The highest BCUT2D eigenvalue weighted by Crippen LogP contribution is 2.45. The molecule has 0 spiro atoms. The number of benzene rings is 3. The summed E-state index contributed by atoms with van der Waals surface area (Å²) in [6.07, 6.45) is 0. The lowest BCUT2D eigenvalue weighted by molar-refractivity contribution is -0.129. The topological polar surface area (TPSA) is 121 Å². The number of aromatic nitrogens is 1. The summed E-state index contributed by atoms with van der Waals surface area (Å²) >= 11 is 6.70. The number of carbonyl (C=O) groups excluding carboxylic acids is 2. The number of carbonyl (C=O) groups is 2. The summed E-state index contributed by atoms with van der Waals surface area (Å²) in [7, 11) is -2.66. The van der Waals surface area contributed by atoms with Crippen LogP contribution in [0.5, 0.6) is 5.75 Å². The summed E-state index contributed by atoms with van der Waals surface area (Å²) < 4.78 is 34.9. The number of nitrogens with zero attached hydrogens (tertiary/aromatic N) is 1. The monoisotopic (exact) mass is 602 g/mol. The molecule has 0 saturated carbocycles. The van der Waals surface area contributed by atoms with Crippen LogP contribution in [0.3, 0.4) is 0 Å². The van der Waals surface area contributed by atoms with Gasteiger partial charge in [0.25, 0.3) is 5.91 Å². The molecule has 1 aromatic heterocycles. The van der Waals surface area contributed by atoms with E-state index in [0.29, 0.717) is 16.7 Å². The molecule has 1 aliphatic rings. The van der Waals surface area contributed by atoms with E-state index in [4.69, 9.17) is 16.3 Å². The third-order valence-corrected chi connectivity index (χ3v) is 9.02. The number of hydrogen-bond acceptors (Lipinski definition) is 6. The molecule has 3 unspecified atom stereocenters. The first-order valence-electron chi connectivity index (χ1n) is 12.3. The van der Waals surface area contributed by atoms with E-state index in [9.17, 15) is 18.0 Å². The van der Waals surface area contributed by atoms with E-state index >= 15 is 0 Å². The molecule has 2 heterocycles. The molecule has 3 atom stereocenters. The molecule has 5 rings (SSSR count). The minimum Gasteiger partial charge on any atom is -0.489 e. The minimum atomic E-state index is -4.28. The summed E-state index contributed by atoms with van der Waals surface area (Å²) in [6, 6.07) is 19.9. The number of nitrogens with one attached hydrogen (secondary N) is 3. The number of amides is 2. The van der Waals surface area contributed by atoms with E-state index < -0.39 is 39.1 Å². The van der Waals surface area contributed by atoms with Gasteiger partial charge in [0.1, 0.15) is 23.6 Å². The summed E-state index contributed by atoms with van der Waals surface area (Å²) in [4.78, 5) is 31.3. The van der Waals surface area contributed by atoms with Crippen molar-refractivity contribution in [1.29, 1.82) is 0 Å². The third-order valence-electron chi connectivity index (χ3n) is 6.75. The van der Waals surface area contributed by atoms with Crippen LogP contribution in [-0.2, 0) is 19.4 Å². The summed E-state index contributed by atoms with van der Waals surface area (Å²) in [6.45, 7) is 1.46. The van der Waals surface area contributed by atoms with Crippen molar-refractivity contribution in [3.05, 3.63) is 89.6 Å². The lowest BCUT2D eigenvalue weighted by atomic mass is 10.1. The molecule has 0 aliphatic carbocycles. The SMILES string of the molecule is CNC(C)C(=O)NC1COc2ccccc2N(C(c2c(Cl)[nH]c3ccccc23)S(=O)(=O)c2ccccc2)C1=O.Cl. The second-order valence-electron chi connectivity index (χ2n) is 9.17. The fourth-order valence-electron chi connectivity index (χ4n) is 4.62. The quantitative estimate of drug-likeness (QED) is 0.291. The fraction of sp³-hybridized carbons (Fsp3) is 0.214. The zero-order chi connectivity index (χ0) is 27.7. The Labute approximate surface area is 243 Å². The van der Waals surface area contributed by atoms with Crippen molar-refractivity contribution in [3.8, 4) is 5.75 Å². The highest BCUT2D eigenvalue weighted by molar-refractivity contribution is 7.91. The molecule has 4 aromatic rings. The first kappa shape index (κ1) is 29.4. The Balaban J connectivity index is 0.00000370. The van der Waals surface area contributed by atoms with Gasteiger partial charge in [0, 0.05) is 16.5 Å². The number of hydrogen-bond donors (Lipinski definition) is 3. The molecule has 9 nitrogen and oxygen atoms in total. The van der Waals surface area contributed by atoms with E-state index in [2.05, 4.69) is 15.6 Å². The van der Waals surface area contributed by atoms with Crippen molar-refractivity contribution in [2.45, 2.75) is 29.3 Å². The molecule has 210 valence electrons. The molecule has 0 fully saturated rings. The maximum Gasteiger partial charge on any atom is 0.254 e. The molecule has 0 bridgehead atoms. The molecule has 3 N–H and O–H groups in total. The Hall–Kier alpha value is -3.57. The lowest BCUT2D eigenvalue weighted by Gasteiger charge is -2.33. The highest BCUT2D eigenvalue weighted by Gasteiger charge is 2.45. The van der Waals surface area contributed by atoms with Crippen LogP contribution < -0.4 is 20.3 Å². The van der Waals surface area contributed by atoms with Crippen LogP contribution >= 0.6 is 24.0 Å². The van der Waals surface area contributed by atoms with Gasteiger partial charge in [0.2, 0.25) is 15.7 Å². The van der Waals surface area contributed by atoms with Crippen molar-refractivity contribution in [1.82, 2.24) is 15.6 Å². The van der Waals surface area contributed by atoms with Crippen LogP contribution in [-0.4, -0.2) is 51.0 Å². The number of likely N-dealkylation sites (N-methyl/N-ethyl adjacent to an activating group) is 1. The maximum absolute atomic E-state index is 14.5. The Morgan fingerprint density at radius 2 is 1.70 bits per heavy atom. The Bertz CT molecular complexity index is 1640. The molecule has 0 radical (unpaired) electrons. The number of anilines is 1. The fourth-order valence-corrected chi connectivity index (χ4v) is 6.83. The molecular weight excluding hydrogens is 575 g/mol. The highest BCUT2D eigenvalue weighted by atomic mass is 35.5. The smallest absolute Gasteiger partial charge is 0.254 e. The molecule has 40 heavy (non-hydrogen) atoms. The van der Waals surface area contributed by atoms with Gasteiger partial charge in [-0.25, -0.2) is 8.42 Å². The van der Waals surface area contributed by atoms with E-state index in [1.54, 1.807) is 80.7 Å². The van der Waals surface area contributed by atoms with E-state index in [0.717, 1.165) is 0 Å². The number of fused-ring (bicyclic) bond motifs is 2. The van der Waals surface area contributed by atoms with Gasteiger partial charge < -0.3 is 20.4 Å². The van der Waals surface area contributed by atoms with Gasteiger partial charge in [-0.15, -0.1) is 12.4 Å². The lowest BCUT2D eigenvalue weighted by Crippen LogP contribution is -2.55. The van der Waals surface area contributed by atoms with Crippen molar-refractivity contribution in [3.63, 3.8) is 0 Å². The van der Waals surface area contributed by atoms with E-state index in [1.165, 1.54) is 17.0 Å². The number of para-hydroxylation sites is 3. The van der Waals surface area contributed by atoms with Gasteiger partial charge >= 0.3 is 0 Å². The maximum atomic E-state index is 14.5. The standard InChI is InChI=1S/C28H27ClN4O5S.ClH/c1-17(30-2)26(34)32-21-16-38-23-15-9-8-14-22(23)33(27(21)35)28(39(36,37)18-10-4-3-5-11-18)24-19-12-6-7-13-20(19)31-25(24)29;/h3-15,17,21,28,30-31H,16H2,1-2H3,(H,32,34);1H. The van der Waals surface area contributed by atoms with Crippen molar-refractivity contribution >= 4 is 62.2 Å². The Morgan fingerprint density at radius 1 is 1.05 bits per heavy atom. The molecule has 12 heteroatoms. The van der Waals surface area contributed by atoms with Crippen molar-refractivity contribution in [2.24, 2.45) is 0 Å². The molecule has 2 amide bonds. The normalized spacial score (nSPS) is 16.7. The zero-order valence-electron chi connectivity index (χ0n) is 21.6. The average molecular weight is 604 g/mol. The van der Waals surface area contributed by atoms with Crippen LogP contribution in [0.2, 0.25) is 5.15 Å². The molecular formula is C28H28Cl2N4O5S. The third kappa shape index (κ3) is 5.27. The van der Waals surface area contributed by atoms with Gasteiger partial charge in [-0.3, -0.25) is 14.5 Å². The predicted octanol–water partition coefficient (Wildman–Crippen LogP) is 4.23. The van der Waals surface area contributed by atoms with Crippen LogP contribution in [0.1, 0.15) is 17.9 Å². The summed E-state index contributed by atoms with van der Waals surface area (Å²) in [5.41, 5.74) is 1.08. The molecule has 3 aromatic carbocycles. The first-order valence-corrected chi connectivity index (χ1v) is 14.2. The van der Waals surface area contributed by atoms with Gasteiger partial charge in [-0.2, -0.15) is 0 Å². The Kier molecular flexibility index (Phi) is 8.74. The van der Waals surface area contributed by atoms with Crippen LogP contribution in [0.15, 0.2) is 83.8 Å². The number of ether oxygens (including phenoxy) is 1. The largest absolute Gasteiger partial charge is 0.489 e. The minimum absolute atomic E-state index is 0. The zero-order valence-corrected chi connectivity index (χ0v) is 24.0. The molecule has 0 saturated heterocycles. The van der Waals surface area contributed by atoms with Crippen LogP contribution in [0.4, 0.5) is 5.69 Å². The van der Waals surface area contributed by atoms with Gasteiger partial charge in [-0.05, 0) is 44.3 Å². The number of aromatic amines is 1. The van der Waals surface area contributed by atoms with Crippen LogP contribution in [0, 0.1) is 0 Å². The first-order chi connectivity index (χ1) is 18.7. The number of sulfone groups is 1. The van der Waals surface area contributed by atoms with Crippen molar-refractivity contribution in [2.75, 3.05) is 18.6 Å². The van der Waals surface area contributed by atoms with Gasteiger partial charge in [-0.1, -0.05) is 60.1 Å².